The van der Waals surface area contributed by atoms with Gasteiger partial charge in [0.25, 0.3) is 0 Å². The molecule has 0 aromatic carbocycles. The summed E-state index contributed by atoms with van der Waals surface area (Å²) in [6.45, 7) is 4.00. The number of allylic oxidation sites excluding steroid dienone is 6. The maximum atomic E-state index is 12.7. The van der Waals surface area contributed by atoms with Crippen LogP contribution in [0.4, 0.5) is 0 Å². The largest absolute Gasteiger partial charge is 0.472 e. The van der Waals surface area contributed by atoms with Crippen molar-refractivity contribution in [3.8, 4) is 0 Å². The van der Waals surface area contributed by atoms with Crippen LogP contribution in [0.25, 0.3) is 0 Å². The highest BCUT2D eigenvalue weighted by atomic mass is 31.2. The number of carbonyl (C=O) groups is 2. The SMILES string of the molecule is CCCCC/C=C\C[C@H](O)/C=C/C=C\C/C=C\CCCC(=O)O[C@H](COC(=O)CCCCCCCCCCCCCCCCCCCCC(C)CC)COP(=O)(O)OC[C@@H](O)COP(=O)(O)O. The van der Waals surface area contributed by atoms with Crippen molar-refractivity contribution in [3.63, 3.8) is 0 Å². The lowest BCUT2D eigenvalue weighted by Crippen LogP contribution is -2.29. The molecule has 0 aliphatic heterocycles. The van der Waals surface area contributed by atoms with E-state index in [9.17, 15) is 33.8 Å². The highest BCUT2D eigenvalue weighted by Crippen LogP contribution is 2.44. The average molecular weight is 993 g/mol. The molecule has 0 radical (unpaired) electrons. The Morgan fingerprint density at radius 2 is 1.07 bits per heavy atom. The minimum Gasteiger partial charge on any atom is -0.462 e. The fourth-order valence-corrected chi connectivity index (χ4v) is 8.15. The van der Waals surface area contributed by atoms with Crippen LogP contribution < -0.4 is 0 Å². The molecule has 0 amide bonds. The van der Waals surface area contributed by atoms with Crippen LogP contribution in [0.2, 0.25) is 0 Å². The van der Waals surface area contributed by atoms with Gasteiger partial charge < -0.3 is 34.4 Å². The van der Waals surface area contributed by atoms with Crippen LogP contribution in [0.5, 0.6) is 0 Å². The Labute approximate surface area is 405 Å². The Bertz CT molecular complexity index is 1400. The number of phosphoric acid groups is 2. The quantitative estimate of drug-likeness (QED) is 0.0126. The Hall–Kier alpha value is -1.96. The van der Waals surface area contributed by atoms with E-state index < -0.39 is 72.3 Å². The minimum atomic E-state index is -4.88. The second kappa shape index (κ2) is 45.2. The Morgan fingerprint density at radius 3 is 1.66 bits per heavy atom. The van der Waals surface area contributed by atoms with E-state index >= 15 is 0 Å². The van der Waals surface area contributed by atoms with Gasteiger partial charge in [0.2, 0.25) is 0 Å². The zero-order valence-electron chi connectivity index (χ0n) is 41.8. The van der Waals surface area contributed by atoms with Gasteiger partial charge in [-0.15, -0.1) is 0 Å². The van der Waals surface area contributed by atoms with E-state index in [0.717, 1.165) is 31.6 Å². The lowest BCUT2D eigenvalue weighted by molar-refractivity contribution is -0.161. The highest BCUT2D eigenvalue weighted by Gasteiger charge is 2.28. The number of hydrogen-bond acceptors (Lipinski definition) is 11. The summed E-state index contributed by atoms with van der Waals surface area (Å²) in [6, 6.07) is 0. The molecule has 14 nitrogen and oxygen atoms in total. The van der Waals surface area contributed by atoms with Crippen molar-refractivity contribution in [1.29, 1.82) is 0 Å². The number of unbranched alkanes of at least 4 members (excludes halogenated alkanes) is 21. The molecule has 0 aromatic rings. The van der Waals surface area contributed by atoms with Crippen LogP contribution in [0, 0.1) is 5.92 Å². The fraction of sp³-hybridized carbons (Fsp3) is 0.804. The van der Waals surface area contributed by atoms with Crippen LogP contribution in [0.15, 0.2) is 48.6 Å². The van der Waals surface area contributed by atoms with Crippen molar-refractivity contribution in [2.75, 3.05) is 26.4 Å². The summed E-state index contributed by atoms with van der Waals surface area (Å²) in [5.74, 6) is -0.249. The zero-order chi connectivity index (χ0) is 49.7. The predicted octanol–water partition coefficient (Wildman–Crippen LogP) is 13.0. The molecule has 0 aliphatic carbocycles. The third-order valence-electron chi connectivity index (χ3n) is 11.3. The van der Waals surface area contributed by atoms with Crippen LogP contribution in [-0.4, -0.2) is 81.6 Å². The first-order valence-corrected chi connectivity index (χ1v) is 28.9. The van der Waals surface area contributed by atoms with Gasteiger partial charge in [-0.1, -0.05) is 204 Å². The van der Waals surface area contributed by atoms with Gasteiger partial charge >= 0.3 is 27.6 Å². The third kappa shape index (κ3) is 48.8. The summed E-state index contributed by atoms with van der Waals surface area (Å²) in [5.41, 5.74) is 0. The van der Waals surface area contributed by atoms with E-state index in [1.54, 1.807) is 6.08 Å². The zero-order valence-corrected chi connectivity index (χ0v) is 43.6. The van der Waals surface area contributed by atoms with Gasteiger partial charge in [-0.25, -0.2) is 9.13 Å². The first-order chi connectivity index (χ1) is 32.2. The molecule has 0 fully saturated rings. The number of ether oxygens (including phenoxy) is 2. The van der Waals surface area contributed by atoms with E-state index in [0.29, 0.717) is 32.1 Å². The monoisotopic (exact) mass is 993 g/mol. The number of carbonyl (C=O) groups excluding carboxylic acids is 2. The molecule has 0 saturated carbocycles. The topological polar surface area (TPSA) is 216 Å². The van der Waals surface area contributed by atoms with E-state index in [4.69, 9.17) is 28.3 Å². The van der Waals surface area contributed by atoms with Crippen LogP contribution in [-0.2, 0) is 41.8 Å². The maximum Gasteiger partial charge on any atom is 0.472 e. The van der Waals surface area contributed by atoms with Crippen molar-refractivity contribution < 1.29 is 66.7 Å². The fourth-order valence-electron chi connectivity index (χ4n) is 6.99. The molecule has 0 aromatic heterocycles. The molecule has 5 N–H and O–H groups in total. The summed E-state index contributed by atoms with van der Waals surface area (Å²) in [5, 5.41) is 19.8. The van der Waals surface area contributed by atoms with E-state index in [-0.39, 0.29) is 12.8 Å². The molecule has 0 heterocycles. The maximum absolute atomic E-state index is 12.7. The van der Waals surface area contributed by atoms with Crippen molar-refractivity contribution in [1.82, 2.24) is 0 Å². The molecule has 5 atom stereocenters. The van der Waals surface area contributed by atoms with Gasteiger partial charge in [0.15, 0.2) is 6.10 Å². The molecule has 0 bridgehead atoms. The molecule has 67 heavy (non-hydrogen) atoms. The molecule has 0 rings (SSSR count). The normalized spacial score (nSPS) is 15.2. The van der Waals surface area contributed by atoms with E-state index in [2.05, 4.69) is 31.4 Å². The van der Waals surface area contributed by atoms with E-state index in [1.165, 1.54) is 122 Å². The number of rotatable bonds is 48. The first kappa shape index (κ1) is 65.0. The molecule has 0 saturated heterocycles. The molecule has 0 spiro atoms. The molecule has 0 aliphatic rings. The molecule has 2 unspecified atom stereocenters. The van der Waals surface area contributed by atoms with Gasteiger partial charge in [0.05, 0.1) is 25.9 Å². The third-order valence-corrected chi connectivity index (χ3v) is 12.8. The van der Waals surface area contributed by atoms with E-state index in [1.807, 2.05) is 36.5 Å². The Kier molecular flexibility index (Phi) is 43.9. The summed E-state index contributed by atoms with van der Waals surface area (Å²) < 4.78 is 47.9. The highest BCUT2D eigenvalue weighted by molar-refractivity contribution is 7.47. The van der Waals surface area contributed by atoms with Gasteiger partial charge in [-0.2, -0.15) is 0 Å². The van der Waals surface area contributed by atoms with Gasteiger partial charge in [-0.3, -0.25) is 23.2 Å². The predicted molar refractivity (Wildman–Crippen MR) is 268 cm³/mol. The van der Waals surface area contributed by atoms with Crippen molar-refractivity contribution in [2.45, 2.75) is 232 Å². The molecule has 16 heteroatoms. The smallest absolute Gasteiger partial charge is 0.462 e. The van der Waals surface area contributed by atoms with Crippen molar-refractivity contribution >= 4 is 27.6 Å². The number of aliphatic hydroxyl groups excluding tert-OH is 2. The second-order valence-electron chi connectivity index (χ2n) is 17.9. The van der Waals surface area contributed by atoms with Crippen molar-refractivity contribution in [2.24, 2.45) is 5.92 Å². The number of hydrogen-bond donors (Lipinski definition) is 5. The summed E-state index contributed by atoms with van der Waals surface area (Å²) >= 11 is 0. The Morgan fingerprint density at radius 1 is 0.552 bits per heavy atom. The van der Waals surface area contributed by atoms with Crippen LogP contribution in [0.3, 0.4) is 0 Å². The number of esters is 2. The number of phosphoric ester groups is 2. The first-order valence-electron chi connectivity index (χ1n) is 25.8. The van der Waals surface area contributed by atoms with Crippen LogP contribution in [0.1, 0.15) is 213 Å². The van der Waals surface area contributed by atoms with Crippen LogP contribution >= 0.6 is 15.6 Å². The van der Waals surface area contributed by atoms with Gasteiger partial charge in [0, 0.05) is 12.8 Å². The summed E-state index contributed by atoms with van der Waals surface area (Å²) in [7, 11) is -9.72. The second-order valence-corrected chi connectivity index (χ2v) is 20.6. The van der Waals surface area contributed by atoms with Gasteiger partial charge in [-0.05, 0) is 50.9 Å². The minimum absolute atomic E-state index is 0.0242. The standard InChI is InChI=1S/C51H94O14P2/c1-4-6-7-8-28-33-38-47(52)39-34-29-24-21-22-26-31-36-41-51(55)65-49(45-64-67(59,60)63-43-48(53)42-62-66(56,57)58)44-61-50(54)40-35-30-25-20-18-16-14-12-10-9-11-13-15-17-19-23-27-32-37-46(3)5-2/h22,24,26,28-29,33-34,39,46-49,52-53H,4-21,23,25,27,30-32,35-38,40-45H2,1-3H3,(H,59,60)(H2,56,57,58)/b26-22-,29-24-,33-28-,39-34+/t46?,47-,48-,49+/m0/s1. The molecular formula is C51H94O14P2. The lowest BCUT2D eigenvalue weighted by Gasteiger charge is -2.20. The summed E-state index contributed by atoms with van der Waals surface area (Å²) in [4.78, 5) is 52.9. The Balaban J connectivity index is 4.49. The van der Waals surface area contributed by atoms with Crippen molar-refractivity contribution in [3.05, 3.63) is 48.6 Å². The molecule has 392 valence electrons. The lowest BCUT2D eigenvalue weighted by atomic mass is 9.99. The summed E-state index contributed by atoms with van der Waals surface area (Å²) in [6.07, 6.45) is 44.2. The number of aliphatic hydroxyl groups is 2. The average Bonchev–Trinajstić information content (AvgIpc) is 3.29. The van der Waals surface area contributed by atoms with Gasteiger partial charge in [0.1, 0.15) is 12.7 Å². The molecular weight excluding hydrogens is 898 g/mol.